The van der Waals surface area contributed by atoms with Gasteiger partial charge in [-0.15, -0.1) is 0 Å². The van der Waals surface area contributed by atoms with Gasteiger partial charge < -0.3 is 19.9 Å². The summed E-state index contributed by atoms with van der Waals surface area (Å²) in [6.07, 6.45) is 5.64. The summed E-state index contributed by atoms with van der Waals surface area (Å²) in [6.45, 7) is 9.28. The van der Waals surface area contributed by atoms with Crippen LogP contribution in [0.3, 0.4) is 0 Å². The minimum absolute atomic E-state index is 0.138. The van der Waals surface area contributed by atoms with Crippen molar-refractivity contribution in [3.05, 3.63) is 24.3 Å². The van der Waals surface area contributed by atoms with Crippen LogP contribution in [0, 0.1) is 6.92 Å². The standard InChI is InChI=1S/C22H37N7O3S/c1-17(2)29-18(3)25-16-21(29)20-6-10-24-22(27-20)26-19-7-12-28(13-8-19)33(30,31)15-5-9-23-11-14-32-4/h6,10,16-17,19,23H,5,7-9,11-15H2,1-4H3,(H,24,26,27). The molecule has 0 aromatic carbocycles. The van der Waals surface area contributed by atoms with E-state index in [4.69, 9.17) is 9.72 Å². The molecule has 10 nitrogen and oxygen atoms in total. The molecule has 3 rings (SSSR count). The van der Waals surface area contributed by atoms with Crippen molar-refractivity contribution in [1.29, 1.82) is 0 Å². The van der Waals surface area contributed by atoms with E-state index in [0.29, 0.717) is 38.6 Å². The van der Waals surface area contributed by atoms with Gasteiger partial charge in [0.15, 0.2) is 0 Å². The van der Waals surface area contributed by atoms with Gasteiger partial charge in [0, 0.05) is 45.0 Å². The molecule has 0 spiro atoms. The molecular weight excluding hydrogens is 442 g/mol. The summed E-state index contributed by atoms with van der Waals surface area (Å²) in [5, 5.41) is 6.58. The van der Waals surface area contributed by atoms with E-state index in [0.717, 1.165) is 36.6 Å². The lowest BCUT2D eigenvalue weighted by molar-refractivity contribution is 0.199. The molecule has 11 heteroatoms. The zero-order valence-electron chi connectivity index (χ0n) is 20.1. The molecule has 0 amide bonds. The maximum atomic E-state index is 12.6. The number of ether oxygens (including phenoxy) is 1. The zero-order valence-corrected chi connectivity index (χ0v) is 20.9. The predicted molar refractivity (Wildman–Crippen MR) is 130 cm³/mol. The second-order valence-corrected chi connectivity index (χ2v) is 10.7. The van der Waals surface area contributed by atoms with E-state index in [-0.39, 0.29) is 17.8 Å². The lowest BCUT2D eigenvalue weighted by atomic mass is 10.1. The molecule has 2 aromatic rings. The molecule has 1 fully saturated rings. The Bertz CT molecular complexity index is 986. The Kier molecular flexibility index (Phi) is 9.19. The number of aromatic nitrogens is 4. The lowest BCUT2D eigenvalue weighted by Crippen LogP contribution is -2.43. The first-order valence-corrected chi connectivity index (χ1v) is 13.2. The molecule has 0 atom stereocenters. The smallest absolute Gasteiger partial charge is 0.223 e. The zero-order chi connectivity index (χ0) is 23.8. The molecule has 184 valence electrons. The van der Waals surface area contributed by atoms with E-state index >= 15 is 0 Å². The largest absolute Gasteiger partial charge is 0.383 e. The SMILES string of the molecule is COCCNCCCS(=O)(=O)N1CCC(Nc2nccc(-c3cnc(C)n3C(C)C)n2)CC1. The van der Waals surface area contributed by atoms with Crippen LogP contribution < -0.4 is 10.6 Å². The van der Waals surface area contributed by atoms with Gasteiger partial charge in [-0.25, -0.2) is 27.7 Å². The van der Waals surface area contributed by atoms with Crippen LogP contribution in [0.15, 0.2) is 18.5 Å². The van der Waals surface area contributed by atoms with Crippen molar-refractivity contribution in [3.63, 3.8) is 0 Å². The third-order valence-corrected chi connectivity index (χ3v) is 7.79. The van der Waals surface area contributed by atoms with Crippen LogP contribution in [0.2, 0.25) is 0 Å². The van der Waals surface area contributed by atoms with Crippen LogP contribution in [0.5, 0.6) is 0 Å². The normalized spacial score (nSPS) is 15.9. The number of anilines is 1. The summed E-state index contributed by atoms with van der Waals surface area (Å²) in [6, 6.07) is 2.31. The highest BCUT2D eigenvalue weighted by Gasteiger charge is 2.28. The predicted octanol–water partition coefficient (Wildman–Crippen LogP) is 2.06. The van der Waals surface area contributed by atoms with Gasteiger partial charge in [0.25, 0.3) is 0 Å². The number of piperidine rings is 1. The molecule has 0 aliphatic carbocycles. The number of rotatable bonds is 12. The third-order valence-electron chi connectivity index (χ3n) is 5.84. The van der Waals surface area contributed by atoms with Crippen molar-refractivity contribution >= 4 is 16.0 Å². The summed E-state index contributed by atoms with van der Waals surface area (Å²) < 4.78 is 34.0. The van der Waals surface area contributed by atoms with Crippen molar-refractivity contribution in [2.75, 3.05) is 51.0 Å². The molecule has 3 heterocycles. The van der Waals surface area contributed by atoms with Crippen LogP contribution in [-0.2, 0) is 14.8 Å². The number of nitrogens with zero attached hydrogens (tertiary/aromatic N) is 5. The van der Waals surface area contributed by atoms with Gasteiger partial charge in [-0.3, -0.25) is 0 Å². The molecular formula is C22H37N7O3S. The van der Waals surface area contributed by atoms with Crippen molar-refractivity contribution in [2.45, 2.75) is 52.1 Å². The highest BCUT2D eigenvalue weighted by molar-refractivity contribution is 7.89. The van der Waals surface area contributed by atoms with Gasteiger partial charge in [-0.2, -0.15) is 0 Å². The maximum absolute atomic E-state index is 12.6. The van der Waals surface area contributed by atoms with E-state index in [1.54, 1.807) is 17.6 Å². The number of nitrogens with one attached hydrogen (secondary N) is 2. The number of imidazole rings is 1. The fourth-order valence-electron chi connectivity index (χ4n) is 4.13. The molecule has 2 aromatic heterocycles. The van der Waals surface area contributed by atoms with E-state index in [1.807, 2.05) is 19.2 Å². The molecule has 0 radical (unpaired) electrons. The van der Waals surface area contributed by atoms with Crippen LogP contribution >= 0.6 is 0 Å². The van der Waals surface area contributed by atoms with Gasteiger partial charge in [-0.1, -0.05) is 0 Å². The first-order chi connectivity index (χ1) is 15.8. The fourth-order valence-corrected chi connectivity index (χ4v) is 5.67. The second kappa shape index (κ2) is 11.9. The van der Waals surface area contributed by atoms with Gasteiger partial charge in [0.05, 0.1) is 29.9 Å². The maximum Gasteiger partial charge on any atom is 0.223 e. The highest BCUT2D eigenvalue weighted by atomic mass is 32.2. The lowest BCUT2D eigenvalue weighted by Gasteiger charge is -2.31. The highest BCUT2D eigenvalue weighted by Crippen LogP contribution is 2.24. The molecule has 0 saturated carbocycles. The average molecular weight is 480 g/mol. The Morgan fingerprint density at radius 2 is 1.97 bits per heavy atom. The first kappa shape index (κ1) is 25.5. The topological polar surface area (TPSA) is 114 Å². The number of hydrogen-bond acceptors (Lipinski definition) is 8. The van der Waals surface area contributed by atoms with E-state index in [1.165, 1.54) is 0 Å². The Hall–Kier alpha value is -2.08. The van der Waals surface area contributed by atoms with Crippen LogP contribution in [0.4, 0.5) is 5.95 Å². The second-order valence-electron chi connectivity index (χ2n) is 8.65. The number of methoxy groups -OCH3 is 1. The van der Waals surface area contributed by atoms with Crippen LogP contribution in [-0.4, -0.2) is 83.9 Å². The number of hydrogen-bond donors (Lipinski definition) is 2. The Morgan fingerprint density at radius 1 is 1.21 bits per heavy atom. The minimum Gasteiger partial charge on any atom is -0.383 e. The van der Waals surface area contributed by atoms with Crippen molar-refractivity contribution in [1.82, 2.24) is 29.1 Å². The van der Waals surface area contributed by atoms with Gasteiger partial charge in [-0.05, 0) is 52.6 Å². The van der Waals surface area contributed by atoms with Crippen LogP contribution in [0.25, 0.3) is 11.4 Å². The summed E-state index contributed by atoms with van der Waals surface area (Å²) in [5.74, 6) is 1.68. The first-order valence-electron chi connectivity index (χ1n) is 11.6. The third kappa shape index (κ3) is 6.95. The summed E-state index contributed by atoms with van der Waals surface area (Å²) in [5.41, 5.74) is 1.78. The average Bonchev–Trinajstić information content (AvgIpc) is 3.18. The Labute approximate surface area is 197 Å². The Morgan fingerprint density at radius 3 is 2.67 bits per heavy atom. The number of aryl methyl sites for hydroxylation is 1. The molecule has 0 unspecified atom stereocenters. The Balaban J connectivity index is 1.52. The van der Waals surface area contributed by atoms with Gasteiger partial charge >= 0.3 is 0 Å². The monoisotopic (exact) mass is 479 g/mol. The summed E-state index contributed by atoms with van der Waals surface area (Å²) in [4.78, 5) is 13.5. The molecule has 1 aliphatic heterocycles. The van der Waals surface area contributed by atoms with E-state index < -0.39 is 10.0 Å². The van der Waals surface area contributed by atoms with Crippen molar-refractivity contribution in [2.24, 2.45) is 0 Å². The summed E-state index contributed by atoms with van der Waals surface area (Å²) in [7, 11) is -1.58. The van der Waals surface area contributed by atoms with E-state index in [9.17, 15) is 8.42 Å². The van der Waals surface area contributed by atoms with Gasteiger partial charge in [0.1, 0.15) is 5.82 Å². The molecule has 33 heavy (non-hydrogen) atoms. The van der Waals surface area contributed by atoms with E-state index in [2.05, 4.69) is 39.0 Å². The quantitative estimate of drug-likeness (QED) is 0.445. The number of sulfonamides is 1. The van der Waals surface area contributed by atoms with Crippen molar-refractivity contribution in [3.8, 4) is 11.4 Å². The molecule has 2 N–H and O–H groups in total. The summed E-state index contributed by atoms with van der Waals surface area (Å²) >= 11 is 0. The minimum atomic E-state index is -3.23. The fraction of sp³-hybridized carbons (Fsp3) is 0.682. The molecule has 1 aliphatic rings. The van der Waals surface area contributed by atoms with Crippen LogP contribution in [0.1, 0.15) is 45.0 Å². The van der Waals surface area contributed by atoms with Crippen molar-refractivity contribution < 1.29 is 13.2 Å². The molecule has 1 saturated heterocycles. The van der Waals surface area contributed by atoms with Gasteiger partial charge in [0.2, 0.25) is 16.0 Å². The molecule has 0 bridgehead atoms.